The maximum absolute atomic E-state index is 12.6. The van der Waals surface area contributed by atoms with Gasteiger partial charge in [0.2, 0.25) is 0 Å². The number of hydrogen-bond acceptors (Lipinski definition) is 6. The molecule has 1 fully saturated rings. The third kappa shape index (κ3) is 3.81. The zero-order valence-corrected chi connectivity index (χ0v) is 15.8. The smallest absolute Gasteiger partial charge is 0.183 e. The van der Waals surface area contributed by atoms with E-state index in [1.165, 1.54) is 0 Å². The number of hydrogen-bond donors (Lipinski definition) is 0. The van der Waals surface area contributed by atoms with Crippen molar-refractivity contribution in [2.24, 2.45) is 7.05 Å². The standard InChI is InChI=1S/C20H22N6O2/c1-24-18(17-14-26-6-4-15(13-21)11-20(26)22-17)12-16(23-24)19(27)3-2-5-25-7-9-28-10-8-25/h4,6,11-12,14H,2-3,5,7-10H2,1H3. The monoisotopic (exact) mass is 378 g/mol. The third-order valence-electron chi connectivity index (χ3n) is 5.00. The number of morpholine rings is 1. The molecule has 0 amide bonds. The van der Waals surface area contributed by atoms with Crippen LogP contribution in [0.3, 0.4) is 0 Å². The van der Waals surface area contributed by atoms with Crippen LogP contribution in [0.15, 0.2) is 30.6 Å². The average Bonchev–Trinajstić information content (AvgIpc) is 3.31. The van der Waals surface area contributed by atoms with Gasteiger partial charge in [-0.3, -0.25) is 14.4 Å². The third-order valence-corrected chi connectivity index (χ3v) is 5.00. The van der Waals surface area contributed by atoms with E-state index >= 15 is 0 Å². The van der Waals surface area contributed by atoms with E-state index in [0.717, 1.165) is 50.7 Å². The van der Waals surface area contributed by atoms with Gasteiger partial charge in [-0.05, 0) is 31.2 Å². The van der Waals surface area contributed by atoms with E-state index in [2.05, 4.69) is 21.1 Å². The summed E-state index contributed by atoms with van der Waals surface area (Å²) in [6.45, 7) is 4.31. The molecule has 1 aliphatic rings. The van der Waals surface area contributed by atoms with Crippen LogP contribution in [0.5, 0.6) is 0 Å². The van der Waals surface area contributed by atoms with Crippen LogP contribution in [0.2, 0.25) is 0 Å². The van der Waals surface area contributed by atoms with Crippen LogP contribution in [-0.4, -0.2) is 62.7 Å². The van der Waals surface area contributed by atoms with E-state index in [0.29, 0.717) is 23.3 Å². The van der Waals surface area contributed by atoms with Gasteiger partial charge in [-0.15, -0.1) is 0 Å². The van der Waals surface area contributed by atoms with Crippen LogP contribution >= 0.6 is 0 Å². The molecule has 1 aliphatic heterocycles. The maximum Gasteiger partial charge on any atom is 0.183 e. The molecule has 0 bridgehead atoms. The molecule has 0 aromatic carbocycles. The predicted molar refractivity (Wildman–Crippen MR) is 103 cm³/mol. The molecule has 0 saturated carbocycles. The number of nitriles is 1. The molecule has 0 radical (unpaired) electrons. The summed E-state index contributed by atoms with van der Waals surface area (Å²) in [5.41, 5.74) is 3.21. The van der Waals surface area contributed by atoms with Crippen molar-refractivity contribution in [3.8, 4) is 17.5 Å². The number of ether oxygens (including phenoxy) is 1. The number of carbonyl (C=O) groups excluding carboxylic acids is 1. The zero-order chi connectivity index (χ0) is 19.5. The molecule has 4 heterocycles. The Labute approximate surface area is 163 Å². The second-order valence-electron chi connectivity index (χ2n) is 6.94. The van der Waals surface area contributed by atoms with Crippen molar-refractivity contribution in [2.45, 2.75) is 12.8 Å². The Morgan fingerprint density at radius 3 is 2.93 bits per heavy atom. The molecule has 0 atom stereocenters. The van der Waals surface area contributed by atoms with Gasteiger partial charge in [0.1, 0.15) is 17.0 Å². The first-order chi connectivity index (χ1) is 13.6. The molecule has 0 unspecified atom stereocenters. The van der Waals surface area contributed by atoms with E-state index in [-0.39, 0.29) is 5.78 Å². The first-order valence-electron chi connectivity index (χ1n) is 9.40. The van der Waals surface area contributed by atoms with Crippen LogP contribution in [0.1, 0.15) is 28.9 Å². The minimum Gasteiger partial charge on any atom is -0.379 e. The van der Waals surface area contributed by atoms with Crippen molar-refractivity contribution in [1.82, 2.24) is 24.1 Å². The highest BCUT2D eigenvalue weighted by atomic mass is 16.5. The summed E-state index contributed by atoms with van der Waals surface area (Å²) >= 11 is 0. The van der Waals surface area contributed by atoms with Gasteiger partial charge < -0.3 is 9.14 Å². The van der Waals surface area contributed by atoms with Crippen LogP contribution in [0.25, 0.3) is 17.0 Å². The van der Waals surface area contributed by atoms with E-state index in [4.69, 9.17) is 10.00 Å². The Balaban J connectivity index is 1.45. The number of nitrogens with zero attached hydrogens (tertiary/aromatic N) is 6. The molecule has 3 aromatic heterocycles. The SMILES string of the molecule is Cn1nc(C(=O)CCCN2CCOCC2)cc1-c1cn2ccc(C#N)cc2n1. The van der Waals surface area contributed by atoms with Gasteiger partial charge in [-0.1, -0.05) is 0 Å². The van der Waals surface area contributed by atoms with Crippen molar-refractivity contribution in [1.29, 1.82) is 5.26 Å². The molecular weight excluding hydrogens is 356 g/mol. The number of pyridine rings is 1. The highest BCUT2D eigenvalue weighted by molar-refractivity contribution is 5.95. The number of Topliss-reactive ketones (excluding diaryl/α,β-unsaturated/α-hetero) is 1. The van der Waals surface area contributed by atoms with Gasteiger partial charge in [0, 0.05) is 39.0 Å². The number of imidazole rings is 1. The number of aryl methyl sites for hydroxylation is 1. The molecule has 4 rings (SSSR count). The van der Waals surface area contributed by atoms with Crippen molar-refractivity contribution >= 4 is 11.4 Å². The molecule has 8 heteroatoms. The maximum atomic E-state index is 12.6. The Hall–Kier alpha value is -3.02. The molecule has 0 aliphatic carbocycles. The molecule has 28 heavy (non-hydrogen) atoms. The topological polar surface area (TPSA) is 88.5 Å². The second kappa shape index (κ2) is 7.92. The lowest BCUT2D eigenvalue weighted by atomic mass is 10.1. The van der Waals surface area contributed by atoms with Crippen LogP contribution in [0, 0.1) is 11.3 Å². The lowest BCUT2D eigenvalue weighted by Gasteiger charge is -2.26. The number of fused-ring (bicyclic) bond motifs is 1. The normalized spacial score (nSPS) is 15.0. The summed E-state index contributed by atoms with van der Waals surface area (Å²) in [5, 5.41) is 13.4. The van der Waals surface area contributed by atoms with Crippen LogP contribution in [0.4, 0.5) is 0 Å². The largest absolute Gasteiger partial charge is 0.379 e. The van der Waals surface area contributed by atoms with E-state index in [1.807, 2.05) is 17.6 Å². The molecule has 0 N–H and O–H groups in total. The summed E-state index contributed by atoms with van der Waals surface area (Å²) in [5.74, 6) is 0.0469. The summed E-state index contributed by atoms with van der Waals surface area (Å²) < 4.78 is 8.88. The van der Waals surface area contributed by atoms with Crippen LogP contribution < -0.4 is 0 Å². The van der Waals surface area contributed by atoms with Gasteiger partial charge in [0.05, 0.1) is 30.5 Å². The fourth-order valence-electron chi connectivity index (χ4n) is 3.43. The Bertz CT molecular complexity index is 1040. The second-order valence-corrected chi connectivity index (χ2v) is 6.94. The summed E-state index contributed by atoms with van der Waals surface area (Å²) in [7, 11) is 1.81. The minimum absolute atomic E-state index is 0.0469. The molecular formula is C20H22N6O2. The van der Waals surface area contributed by atoms with Gasteiger partial charge in [-0.2, -0.15) is 10.4 Å². The number of carbonyl (C=O) groups is 1. The molecule has 8 nitrogen and oxygen atoms in total. The fourth-order valence-corrected chi connectivity index (χ4v) is 3.43. The minimum atomic E-state index is 0.0469. The van der Waals surface area contributed by atoms with Crippen molar-refractivity contribution in [2.75, 3.05) is 32.8 Å². The Kier molecular flexibility index (Phi) is 5.19. The lowest BCUT2D eigenvalue weighted by Crippen LogP contribution is -2.36. The molecule has 144 valence electrons. The first kappa shape index (κ1) is 18.3. The van der Waals surface area contributed by atoms with E-state index in [9.17, 15) is 4.79 Å². The van der Waals surface area contributed by atoms with Crippen molar-refractivity contribution in [3.05, 3.63) is 41.9 Å². The van der Waals surface area contributed by atoms with E-state index < -0.39 is 0 Å². The molecule has 1 saturated heterocycles. The van der Waals surface area contributed by atoms with Gasteiger partial charge in [-0.25, -0.2) is 4.98 Å². The number of rotatable bonds is 6. The Morgan fingerprint density at radius 1 is 1.32 bits per heavy atom. The Morgan fingerprint density at radius 2 is 2.14 bits per heavy atom. The summed E-state index contributed by atoms with van der Waals surface area (Å²) in [6.07, 6.45) is 4.97. The quantitative estimate of drug-likeness (QED) is 0.609. The number of aromatic nitrogens is 4. The highest BCUT2D eigenvalue weighted by Gasteiger charge is 2.17. The summed E-state index contributed by atoms with van der Waals surface area (Å²) in [6, 6.07) is 7.39. The van der Waals surface area contributed by atoms with Crippen molar-refractivity contribution < 1.29 is 9.53 Å². The van der Waals surface area contributed by atoms with Crippen molar-refractivity contribution in [3.63, 3.8) is 0 Å². The number of ketones is 1. The predicted octanol–water partition coefficient (Wildman–Crippen LogP) is 1.90. The van der Waals surface area contributed by atoms with E-state index in [1.54, 1.807) is 29.1 Å². The summed E-state index contributed by atoms with van der Waals surface area (Å²) in [4.78, 5) is 19.5. The molecule has 0 spiro atoms. The fraction of sp³-hybridized carbons (Fsp3) is 0.400. The molecule has 3 aromatic rings. The highest BCUT2D eigenvalue weighted by Crippen LogP contribution is 2.21. The van der Waals surface area contributed by atoms with Crippen LogP contribution in [-0.2, 0) is 11.8 Å². The van der Waals surface area contributed by atoms with Gasteiger partial charge >= 0.3 is 0 Å². The zero-order valence-electron chi connectivity index (χ0n) is 15.8. The average molecular weight is 378 g/mol. The lowest BCUT2D eigenvalue weighted by molar-refractivity contribution is 0.0371. The first-order valence-corrected chi connectivity index (χ1v) is 9.40. The van der Waals surface area contributed by atoms with Gasteiger partial charge in [0.25, 0.3) is 0 Å². The van der Waals surface area contributed by atoms with Gasteiger partial charge in [0.15, 0.2) is 5.78 Å².